The van der Waals surface area contributed by atoms with Gasteiger partial charge in [-0.3, -0.25) is 9.69 Å². The Balaban J connectivity index is 1.81. The molecule has 0 unspecified atom stereocenters. The zero-order valence-corrected chi connectivity index (χ0v) is 16.6. The molecule has 2 aliphatic rings. The van der Waals surface area contributed by atoms with E-state index in [-0.39, 0.29) is 16.6 Å². The number of aromatic nitrogens is 1. The van der Waals surface area contributed by atoms with Crippen molar-refractivity contribution in [2.24, 2.45) is 0 Å². The molecule has 4 rings (SSSR count). The van der Waals surface area contributed by atoms with Gasteiger partial charge in [-0.15, -0.1) is 0 Å². The highest BCUT2D eigenvalue weighted by Crippen LogP contribution is 2.48. The quantitative estimate of drug-likeness (QED) is 0.709. The molecule has 136 valence electrons. The van der Waals surface area contributed by atoms with E-state index in [1.54, 1.807) is 6.07 Å². The van der Waals surface area contributed by atoms with Crippen LogP contribution in [0.1, 0.15) is 36.1 Å². The molecule has 0 atom stereocenters. The summed E-state index contributed by atoms with van der Waals surface area (Å²) in [4.78, 5) is 20.9. The van der Waals surface area contributed by atoms with Crippen LogP contribution < -0.4 is 9.80 Å². The molecule has 5 nitrogen and oxygen atoms in total. The van der Waals surface area contributed by atoms with Gasteiger partial charge in [0, 0.05) is 5.69 Å². The third kappa shape index (κ3) is 2.53. The number of halogens is 1. The lowest BCUT2D eigenvalue weighted by molar-refractivity contribution is -0.123. The van der Waals surface area contributed by atoms with Crippen molar-refractivity contribution in [2.45, 2.75) is 38.6 Å². The molecule has 1 aliphatic carbocycles. The van der Waals surface area contributed by atoms with Crippen molar-refractivity contribution in [1.29, 1.82) is 5.26 Å². The highest BCUT2D eigenvalue weighted by molar-refractivity contribution is 7.81. The van der Waals surface area contributed by atoms with E-state index < -0.39 is 5.54 Å². The summed E-state index contributed by atoms with van der Waals surface area (Å²) in [6.45, 7) is 4.11. The number of pyridine rings is 1. The monoisotopic (exact) mass is 396 g/mol. The Kier molecular flexibility index (Phi) is 4.17. The maximum Gasteiger partial charge on any atom is 0.259 e. The first-order valence-electron chi connectivity index (χ1n) is 8.71. The van der Waals surface area contributed by atoms with Gasteiger partial charge >= 0.3 is 0 Å². The lowest BCUT2D eigenvalue weighted by Crippen LogP contribution is -2.55. The van der Waals surface area contributed by atoms with Crippen LogP contribution in [0.3, 0.4) is 0 Å². The molecule has 0 bridgehead atoms. The smallest absolute Gasteiger partial charge is 0.259 e. The number of carbonyl (C=O) groups is 1. The first-order valence-corrected chi connectivity index (χ1v) is 9.49. The highest BCUT2D eigenvalue weighted by atomic mass is 35.5. The van der Waals surface area contributed by atoms with Crippen molar-refractivity contribution in [3.63, 3.8) is 0 Å². The number of hydrogen-bond donors (Lipinski definition) is 0. The molecule has 1 amide bonds. The summed E-state index contributed by atoms with van der Waals surface area (Å²) in [5, 5.41) is 9.66. The molecule has 0 radical (unpaired) electrons. The molecule has 27 heavy (non-hydrogen) atoms. The number of aryl methyl sites for hydroxylation is 2. The van der Waals surface area contributed by atoms with Gasteiger partial charge in [-0.1, -0.05) is 17.7 Å². The fourth-order valence-electron chi connectivity index (χ4n) is 3.71. The lowest BCUT2D eigenvalue weighted by Gasteiger charge is -2.43. The fraction of sp³-hybridized carbons (Fsp3) is 0.300. The van der Waals surface area contributed by atoms with Crippen molar-refractivity contribution in [2.75, 3.05) is 9.80 Å². The Hall–Kier alpha value is -2.49. The second-order valence-electron chi connectivity index (χ2n) is 7.05. The first-order chi connectivity index (χ1) is 12.9. The zero-order valence-electron chi connectivity index (χ0n) is 15.0. The third-order valence-electron chi connectivity index (χ3n) is 5.53. The van der Waals surface area contributed by atoms with Crippen molar-refractivity contribution in [3.05, 3.63) is 52.3 Å². The van der Waals surface area contributed by atoms with E-state index in [0.29, 0.717) is 10.8 Å². The molecule has 1 spiro atoms. The van der Waals surface area contributed by atoms with Gasteiger partial charge in [-0.05, 0) is 74.7 Å². The largest absolute Gasteiger partial charge is 0.303 e. The molecule has 2 aromatic rings. The van der Waals surface area contributed by atoms with Crippen molar-refractivity contribution in [1.82, 2.24) is 4.98 Å². The Labute approximate surface area is 168 Å². The van der Waals surface area contributed by atoms with Crippen LogP contribution in [-0.4, -0.2) is 21.5 Å². The Bertz CT molecular complexity index is 1030. The van der Waals surface area contributed by atoms with Crippen molar-refractivity contribution < 1.29 is 4.79 Å². The predicted molar refractivity (Wildman–Crippen MR) is 109 cm³/mol. The Morgan fingerprint density at radius 1 is 1.22 bits per heavy atom. The van der Waals surface area contributed by atoms with Gasteiger partial charge in [-0.2, -0.15) is 5.26 Å². The molecule has 1 saturated carbocycles. The number of nitriles is 1. The summed E-state index contributed by atoms with van der Waals surface area (Å²) in [6.07, 6.45) is 3.97. The molecule has 1 saturated heterocycles. The van der Waals surface area contributed by atoms with Gasteiger partial charge in [0.25, 0.3) is 5.91 Å². The van der Waals surface area contributed by atoms with Gasteiger partial charge in [0.2, 0.25) is 0 Å². The topological polar surface area (TPSA) is 60.2 Å². The Morgan fingerprint density at radius 3 is 2.52 bits per heavy atom. The Morgan fingerprint density at radius 2 is 1.96 bits per heavy atom. The van der Waals surface area contributed by atoms with Crippen molar-refractivity contribution >= 4 is 46.2 Å². The minimum atomic E-state index is -0.640. The van der Waals surface area contributed by atoms with Gasteiger partial charge in [-0.25, -0.2) is 4.98 Å². The van der Waals surface area contributed by atoms with Crippen LogP contribution in [0, 0.1) is 25.2 Å². The van der Waals surface area contributed by atoms with E-state index in [1.165, 1.54) is 16.7 Å². The molecule has 0 N–H and O–H groups in total. The maximum absolute atomic E-state index is 13.4. The summed E-state index contributed by atoms with van der Waals surface area (Å²) < 4.78 is 0. The van der Waals surface area contributed by atoms with Crippen LogP contribution in [0.25, 0.3) is 0 Å². The first kappa shape index (κ1) is 17.9. The van der Waals surface area contributed by atoms with E-state index in [2.05, 4.69) is 24.9 Å². The molecule has 2 heterocycles. The van der Waals surface area contributed by atoms with Crippen LogP contribution >= 0.6 is 23.8 Å². The average Bonchev–Trinajstić information content (AvgIpc) is 2.84. The number of benzene rings is 1. The molecule has 1 aromatic carbocycles. The fourth-order valence-corrected chi connectivity index (χ4v) is 4.38. The third-order valence-corrected chi connectivity index (χ3v) is 6.19. The molecule has 1 aliphatic heterocycles. The van der Waals surface area contributed by atoms with Gasteiger partial charge in [0.1, 0.15) is 11.6 Å². The van der Waals surface area contributed by atoms with Crippen LogP contribution in [0.5, 0.6) is 0 Å². The molecule has 2 fully saturated rings. The number of hydrogen-bond acceptors (Lipinski definition) is 4. The SMILES string of the molecule is Cc1ccc(N2C(=S)N(c3cnc(C#N)c(Cl)c3)C(=O)C23CCC3)cc1C. The van der Waals surface area contributed by atoms with Crippen LogP contribution in [-0.2, 0) is 4.79 Å². The van der Waals surface area contributed by atoms with Crippen LogP contribution in [0.15, 0.2) is 30.5 Å². The second kappa shape index (κ2) is 6.29. The summed E-state index contributed by atoms with van der Waals surface area (Å²) in [5.41, 5.74) is 3.25. The van der Waals surface area contributed by atoms with Gasteiger partial charge in [0.15, 0.2) is 10.8 Å². The molecular weight excluding hydrogens is 380 g/mol. The van der Waals surface area contributed by atoms with E-state index in [4.69, 9.17) is 29.1 Å². The van der Waals surface area contributed by atoms with E-state index >= 15 is 0 Å². The number of carbonyl (C=O) groups excluding carboxylic acids is 1. The predicted octanol–water partition coefficient (Wildman–Crippen LogP) is 4.28. The van der Waals surface area contributed by atoms with Crippen LogP contribution in [0.4, 0.5) is 11.4 Å². The number of thiocarbonyl (C=S) groups is 1. The van der Waals surface area contributed by atoms with Crippen LogP contribution in [0.2, 0.25) is 5.02 Å². The highest BCUT2D eigenvalue weighted by Gasteiger charge is 2.59. The van der Waals surface area contributed by atoms with E-state index in [9.17, 15) is 4.79 Å². The number of anilines is 2. The number of amides is 1. The van der Waals surface area contributed by atoms with Crippen molar-refractivity contribution in [3.8, 4) is 6.07 Å². The summed E-state index contributed by atoms with van der Waals surface area (Å²) >= 11 is 11.9. The summed E-state index contributed by atoms with van der Waals surface area (Å²) in [5.74, 6) is -0.0560. The molecular formula is C20H17ClN4OS. The van der Waals surface area contributed by atoms with E-state index in [1.807, 2.05) is 23.1 Å². The second-order valence-corrected chi connectivity index (χ2v) is 7.82. The van der Waals surface area contributed by atoms with E-state index in [0.717, 1.165) is 30.5 Å². The van der Waals surface area contributed by atoms with Gasteiger partial charge < -0.3 is 4.90 Å². The minimum Gasteiger partial charge on any atom is -0.303 e. The molecule has 7 heteroatoms. The van der Waals surface area contributed by atoms with Gasteiger partial charge in [0.05, 0.1) is 16.9 Å². The average molecular weight is 397 g/mol. The standard InChI is InChI=1S/C20H17ClN4OS/c1-12-4-5-14(8-13(12)2)25-19(27)24(18(26)20(25)6-3-7-20)15-9-16(21)17(10-22)23-11-15/h4-5,8-9,11H,3,6-7H2,1-2H3. The summed E-state index contributed by atoms with van der Waals surface area (Å²) in [7, 11) is 0. The maximum atomic E-state index is 13.4. The normalized spacial score (nSPS) is 18.0. The number of rotatable bonds is 2. The molecule has 1 aromatic heterocycles. The zero-order chi connectivity index (χ0) is 19.3. The number of nitrogens with zero attached hydrogens (tertiary/aromatic N) is 4. The minimum absolute atomic E-state index is 0.0560. The lowest BCUT2D eigenvalue weighted by atomic mass is 9.75. The summed E-state index contributed by atoms with van der Waals surface area (Å²) in [6, 6.07) is 9.64.